The third-order valence-electron chi connectivity index (χ3n) is 5.80. The molecule has 0 aliphatic carbocycles. The molecule has 2 aromatic heterocycles. The summed E-state index contributed by atoms with van der Waals surface area (Å²) in [5, 5.41) is 12.5. The van der Waals surface area contributed by atoms with E-state index in [2.05, 4.69) is 36.2 Å². The molecule has 9 heteroatoms. The van der Waals surface area contributed by atoms with Crippen molar-refractivity contribution in [2.24, 2.45) is 0 Å². The molecule has 148 valence electrons. The van der Waals surface area contributed by atoms with Gasteiger partial charge in [0.15, 0.2) is 5.76 Å². The second-order valence-electron chi connectivity index (χ2n) is 8.83. The smallest absolute Gasteiger partial charge is 0.248 e. The van der Waals surface area contributed by atoms with Gasteiger partial charge in [-0.1, -0.05) is 31.1 Å². The fraction of sp³-hybridized carbons (Fsp3) is 0.722. The second-order valence-corrected chi connectivity index (χ2v) is 10.6. The Balaban J connectivity index is 1.60. The Morgan fingerprint density at radius 2 is 1.74 bits per heavy atom. The van der Waals surface area contributed by atoms with E-state index in [0.29, 0.717) is 11.5 Å². The number of sulfonamides is 1. The van der Waals surface area contributed by atoms with Crippen molar-refractivity contribution in [2.45, 2.75) is 88.7 Å². The molecule has 2 fully saturated rings. The van der Waals surface area contributed by atoms with Crippen molar-refractivity contribution in [3.8, 4) is 0 Å². The van der Waals surface area contributed by atoms with Crippen LogP contribution >= 0.6 is 0 Å². The summed E-state index contributed by atoms with van der Waals surface area (Å²) in [6.07, 6.45) is 5.29. The molecule has 0 spiro atoms. The van der Waals surface area contributed by atoms with Crippen LogP contribution in [0, 0.1) is 13.8 Å². The first kappa shape index (κ1) is 18.6. The lowest BCUT2D eigenvalue weighted by atomic mass is 9.93. The molecule has 2 saturated heterocycles. The quantitative estimate of drug-likeness (QED) is 0.796. The van der Waals surface area contributed by atoms with Gasteiger partial charge in [-0.05, 0) is 39.5 Å². The lowest BCUT2D eigenvalue weighted by Crippen LogP contribution is -2.47. The van der Waals surface area contributed by atoms with Crippen LogP contribution in [0.25, 0.3) is 0 Å². The van der Waals surface area contributed by atoms with Crippen LogP contribution in [0.3, 0.4) is 0 Å². The van der Waals surface area contributed by atoms with Gasteiger partial charge in [-0.15, -0.1) is 5.10 Å². The SMILES string of the molecule is Cc1noc(C)c1S(=O)(=O)N1C2CCC1CC(n1cc(C(C)(C)C)nn1)C2. The second kappa shape index (κ2) is 6.13. The maximum atomic E-state index is 13.3. The molecule has 0 aromatic carbocycles. The van der Waals surface area contributed by atoms with Crippen LogP contribution < -0.4 is 0 Å². The van der Waals surface area contributed by atoms with Crippen molar-refractivity contribution in [1.29, 1.82) is 0 Å². The summed E-state index contributed by atoms with van der Waals surface area (Å²) in [5.74, 6) is 0.361. The number of fused-ring (bicyclic) bond motifs is 2. The predicted octanol–water partition coefficient (Wildman–Crippen LogP) is 2.74. The van der Waals surface area contributed by atoms with Crippen LogP contribution in [0.5, 0.6) is 0 Å². The van der Waals surface area contributed by atoms with Crippen molar-refractivity contribution in [3.63, 3.8) is 0 Å². The highest BCUT2D eigenvalue weighted by Gasteiger charge is 2.49. The first-order chi connectivity index (χ1) is 12.6. The zero-order chi connectivity index (χ0) is 19.6. The minimum absolute atomic E-state index is 0.0188. The topological polar surface area (TPSA) is 94.1 Å². The molecule has 2 atom stereocenters. The maximum Gasteiger partial charge on any atom is 0.248 e. The number of rotatable bonds is 3. The summed E-state index contributed by atoms with van der Waals surface area (Å²) in [6.45, 7) is 9.68. The summed E-state index contributed by atoms with van der Waals surface area (Å²) in [4.78, 5) is 0.230. The number of aryl methyl sites for hydroxylation is 2. The van der Waals surface area contributed by atoms with E-state index in [9.17, 15) is 8.42 Å². The van der Waals surface area contributed by atoms with E-state index in [1.165, 1.54) is 0 Å². The minimum atomic E-state index is -3.61. The zero-order valence-electron chi connectivity index (χ0n) is 16.5. The van der Waals surface area contributed by atoms with Gasteiger partial charge in [0, 0.05) is 23.7 Å². The molecule has 2 aliphatic rings. The molecule has 4 rings (SSSR count). The van der Waals surface area contributed by atoms with Gasteiger partial charge in [0.1, 0.15) is 10.6 Å². The number of hydrogen-bond acceptors (Lipinski definition) is 6. The lowest BCUT2D eigenvalue weighted by molar-refractivity contribution is 0.183. The van der Waals surface area contributed by atoms with Gasteiger partial charge in [0.2, 0.25) is 10.0 Å². The molecule has 4 heterocycles. The maximum absolute atomic E-state index is 13.3. The van der Waals surface area contributed by atoms with Gasteiger partial charge in [-0.2, -0.15) is 4.31 Å². The highest BCUT2D eigenvalue weighted by molar-refractivity contribution is 7.89. The van der Waals surface area contributed by atoms with Gasteiger partial charge >= 0.3 is 0 Å². The third kappa shape index (κ3) is 3.00. The Labute approximate surface area is 160 Å². The highest BCUT2D eigenvalue weighted by Crippen LogP contribution is 2.44. The Hall–Kier alpha value is -1.74. The number of piperidine rings is 1. The summed E-state index contributed by atoms with van der Waals surface area (Å²) >= 11 is 0. The fourth-order valence-electron chi connectivity index (χ4n) is 4.46. The van der Waals surface area contributed by atoms with Crippen LogP contribution in [0.4, 0.5) is 0 Å². The van der Waals surface area contributed by atoms with Gasteiger partial charge in [0.25, 0.3) is 0 Å². The first-order valence-corrected chi connectivity index (χ1v) is 10.9. The van der Waals surface area contributed by atoms with Crippen LogP contribution in [-0.2, 0) is 15.4 Å². The van der Waals surface area contributed by atoms with Crippen LogP contribution in [0.1, 0.15) is 69.6 Å². The lowest BCUT2D eigenvalue weighted by Gasteiger charge is -2.37. The largest absolute Gasteiger partial charge is 0.360 e. The molecule has 8 nitrogen and oxygen atoms in total. The molecule has 0 amide bonds. The Morgan fingerprint density at radius 1 is 1.11 bits per heavy atom. The predicted molar refractivity (Wildman–Crippen MR) is 98.8 cm³/mol. The van der Waals surface area contributed by atoms with E-state index < -0.39 is 10.0 Å². The Morgan fingerprint density at radius 3 is 2.22 bits per heavy atom. The number of hydrogen-bond donors (Lipinski definition) is 0. The average molecular weight is 394 g/mol. The van der Waals surface area contributed by atoms with Gasteiger partial charge in [-0.25, -0.2) is 13.1 Å². The number of aromatic nitrogens is 4. The third-order valence-corrected chi connectivity index (χ3v) is 8.05. The molecule has 0 saturated carbocycles. The molecule has 0 N–H and O–H groups in total. The fourth-order valence-corrected chi connectivity index (χ4v) is 6.65. The van der Waals surface area contributed by atoms with Crippen LogP contribution in [-0.4, -0.2) is 45.0 Å². The van der Waals surface area contributed by atoms with E-state index in [1.807, 2.05) is 10.9 Å². The summed E-state index contributed by atoms with van der Waals surface area (Å²) in [5.41, 5.74) is 1.34. The highest BCUT2D eigenvalue weighted by atomic mass is 32.2. The molecule has 2 bridgehead atoms. The van der Waals surface area contributed by atoms with Crippen molar-refractivity contribution in [3.05, 3.63) is 23.3 Å². The Kier molecular flexibility index (Phi) is 4.23. The zero-order valence-corrected chi connectivity index (χ0v) is 17.3. The molecule has 0 radical (unpaired) electrons. The molecule has 2 aliphatic heterocycles. The molecular formula is C18H27N5O3S. The van der Waals surface area contributed by atoms with Gasteiger partial charge < -0.3 is 4.52 Å². The van der Waals surface area contributed by atoms with Crippen LogP contribution in [0.15, 0.2) is 15.6 Å². The summed E-state index contributed by atoms with van der Waals surface area (Å²) < 4.78 is 35.4. The van der Waals surface area contributed by atoms with Crippen LogP contribution in [0.2, 0.25) is 0 Å². The average Bonchev–Trinajstić information content (AvgIpc) is 3.25. The molecular weight excluding hydrogens is 366 g/mol. The standard InChI is InChI=1S/C18H27N5O3S/c1-11-17(12(2)26-20-11)27(24,25)23-13-6-7-14(23)9-15(8-13)22-10-16(19-21-22)18(3,4)5/h10,13-15H,6-9H2,1-5H3. The molecule has 2 unspecified atom stereocenters. The van der Waals surface area contributed by atoms with E-state index in [4.69, 9.17) is 4.52 Å². The monoisotopic (exact) mass is 393 g/mol. The Bertz CT molecular complexity index is 923. The van der Waals surface area contributed by atoms with Gasteiger partial charge in [0.05, 0.1) is 11.7 Å². The first-order valence-electron chi connectivity index (χ1n) is 9.47. The molecule has 2 aromatic rings. The van der Waals surface area contributed by atoms with Crippen molar-refractivity contribution < 1.29 is 12.9 Å². The van der Waals surface area contributed by atoms with Crippen molar-refractivity contribution in [1.82, 2.24) is 24.5 Å². The van der Waals surface area contributed by atoms with Crippen molar-refractivity contribution >= 4 is 10.0 Å². The minimum Gasteiger partial charge on any atom is -0.360 e. The van der Waals surface area contributed by atoms with E-state index in [0.717, 1.165) is 31.4 Å². The van der Waals surface area contributed by atoms with E-state index in [1.54, 1.807) is 18.2 Å². The van der Waals surface area contributed by atoms with Gasteiger partial charge in [-0.3, -0.25) is 0 Å². The summed E-state index contributed by atoms with van der Waals surface area (Å²) in [7, 11) is -3.61. The summed E-state index contributed by atoms with van der Waals surface area (Å²) in [6, 6.07) is 0.145. The molecule has 27 heavy (non-hydrogen) atoms. The number of nitrogens with zero attached hydrogens (tertiary/aromatic N) is 5. The van der Waals surface area contributed by atoms with Crippen molar-refractivity contribution in [2.75, 3.05) is 0 Å². The van der Waals surface area contributed by atoms with E-state index in [-0.39, 0.29) is 28.4 Å². The normalized spacial score (nSPS) is 26.6. The van der Waals surface area contributed by atoms with E-state index >= 15 is 0 Å².